The Morgan fingerprint density at radius 2 is 2.00 bits per heavy atom. The Morgan fingerprint density at radius 3 is 2.70 bits per heavy atom. The van der Waals surface area contributed by atoms with Crippen molar-refractivity contribution >= 4 is 28.5 Å². The van der Waals surface area contributed by atoms with Gasteiger partial charge in [0, 0.05) is 50.9 Å². The van der Waals surface area contributed by atoms with E-state index in [1.165, 1.54) is 4.90 Å². The number of amides is 2. The highest BCUT2D eigenvalue weighted by atomic mass is 16.3. The van der Waals surface area contributed by atoms with Crippen molar-refractivity contribution in [3.63, 3.8) is 0 Å². The molecular weight excluding hydrogens is 420 g/mol. The van der Waals surface area contributed by atoms with Crippen LogP contribution in [0.5, 0.6) is 0 Å². The van der Waals surface area contributed by atoms with E-state index in [2.05, 4.69) is 26.8 Å². The molecule has 2 saturated heterocycles. The summed E-state index contributed by atoms with van der Waals surface area (Å²) in [7, 11) is 1.65. The Hall–Kier alpha value is -3.90. The van der Waals surface area contributed by atoms with E-state index in [4.69, 9.17) is 5.73 Å². The second-order valence-electron chi connectivity index (χ2n) is 8.52. The molecule has 5 rings (SSSR count). The van der Waals surface area contributed by atoms with Crippen LogP contribution in [-0.4, -0.2) is 68.9 Å². The number of rotatable bonds is 3. The van der Waals surface area contributed by atoms with Gasteiger partial charge in [-0.05, 0) is 31.0 Å². The molecule has 2 aromatic heterocycles. The number of likely N-dealkylation sites (N-methyl/N-ethyl adjacent to an activating group) is 1. The van der Waals surface area contributed by atoms with Gasteiger partial charge in [0.2, 0.25) is 5.60 Å². The third kappa shape index (κ3) is 3.68. The molecule has 2 aliphatic heterocycles. The molecule has 2 fully saturated rings. The van der Waals surface area contributed by atoms with E-state index in [0.717, 1.165) is 37.3 Å². The van der Waals surface area contributed by atoms with E-state index in [0.29, 0.717) is 23.2 Å². The summed E-state index contributed by atoms with van der Waals surface area (Å²) >= 11 is 0. The van der Waals surface area contributed by atoms with Gasteiger partial charge in [-0.2, -0.15) is 5.10 Å². The fourth-order valence-electron chi connectivity index (χ4n) is 4.36. The fraction of sp³-hybridized carbons (Fsp3) is 0.333. The molecule has 2 amide bonds. The summed E-state index contributed by atoms with van der Waals surface area (Å²) in [5.74, 6) is 5.47. The Balaban J connectivity index is 1.57. The first-order chi connectivity index (χ1) is 15.9. The zero-order valence-electron chi connectivity index (χ0n) is 18.3. The molecule has 1 unspecified atom stereocenters. The second-order valence-corrected chi connectivity index (χ2v) is 8.52. The molecule has 9 nitrogen and oxygen atoms in total. The van der Waals surface area contributed by atoms with Crippen LogP contribution in [0.15, 0.2) is 36.5 Å². The number of benzene rings is 1. The van der Waals surface area contributed by atoms with Crippen molar-refractivity contribution in [3.8, 4) is 17.5 Å². The van der Waals surface area contributed by atoms with Crippen molar-refractivity contribution in [3.05, 3.63) is 47.8 Å². The maximum absolute atomic E-state index is 12.2. The largest absolute Gasteiger partial charge is 0.369 e. The number of primary amides is 1. The van der Waals surface area contributed by atoms with Crippen molar-refractivity contribution in [1.82, 2.24) is 19.7 Å². The van der Waals surface area contributed by atoms with E-state index < -0.39 is 17.4 Å². The minimum atomic E-state index is -1.67. The summed E-state index contributed by atoms with van der Waals surface area (Å²) in [4.78, 5) is 32.4. The molecule has 3 aromatic rings. The number of aliphatic hydroxyl groups is 1. The van der Waals surface area contributed by atoms with Gasteiger partial charge in [0.1, 0.15) is 5.82 Å². The first kappa shape index (κ1) is 21.0. The predicted octanol–water partition coefficient (Wildman–Crippen LogP) is 1.06. The standard InChI is InChI=1S/C24H24N6O3/c1-28-12-9-24(33,23(28)32)8-7-16-5-4-6-17(13-16)30-19-14-20(29-10-2-3-11-29)26-15-18(19)21(27-30)22(25)31/h4-6,13-15,33H,2-3,9-12H2,1H3,(H2,25,31). The Morgan fingerprint density at radius 1 is 1.21 bits per heavy atom. The normalized spacial score (nSPS) is 20.4. The van der Waals surface area contributed by atoms with Crippen LogP contribution in [-0.2, 0) is 4.79 Å². The Bertz CT molecular complexity index is 1330. The van der Waals surface area contributed by atoms with E-state index in [-0.39, 0.29) is 12.1 Å². The van der Waals surface area contributed by atoms with Gasteiger partial charge >= 0.3 is 0 Å². The van der Waals surface area contributed by atoms with Crippen molar-refractivity contribution < 1.29 is 14.7 Å². The Labute approximate surface area is 190 Å². The summed E-state index contributed by atoms with van der Waals surface area (Å²) < 4.78 is 1.66. The summed E-state index contributed by atoms with van der Waals surface area (Å²) in [6.07, 6.45) is 4.16. The number of nitrogens with zero attached hydrogens (tertiary/aromatic N) is 5. The molecule has 33 heavy (non-hydrogen) atoms. The first-order valence-corrected chi connectivity index (χ1v) is 10.9. The van der Waals surface area contributed by atoms with Gasteiger partial charge in [0.05, 0.1) is 16.6 Å². The lowest BCUT2D eigenvalue weighted by molar-refractivity contribution is -0.137. The molecule has 0 saturated carbocycles. The number of nitrogens with two attached hydrogens (primary N) is 1. The highest BCUT2D eigenvalue weighted by molar-refractivity contribution is 6.04. The van der Waals surface area contributed by atoms with Crippen LogP contribution in [0.25, 0.3) is 16.6 Å². The molecule has 3 N–H and O–H groups in total. The van der Waals surface area contributed by atoms with Crippen LogP contribution < -0.4 is 10.6 Å². The third-order valence-electron chi connectivity index (χ3n) is 6.23. The molecule has 0 bridgehead atoms. The van der Waals surface area contributed by atoms with Gasteiger partial charge in [0.15, 0.2) is 5.69 Å². The van der Waals surface area contributed by atoms with E-state index in [1.54, 1.807) is 30.1 Å². The fourth-order valence-corrected chi connectivity index (χ4v) is 4.36. The number of fused-ring (bicyclic) bond motifs is 1. The van der Waals surface area contributed by atoms with Crippen LogP contribution in [0, 0.1) is 11.8 Å². The molecule has 0 radical (unpaired) electrons. The van der Waals surface area contributed by atoms with Gasteiger partial charge in [-0.25, -0.2) is 9.67 Å². The summed E-state index contributed by atoms with van der Waals surface area (Å²) in [5.41, 5.74) is 6.07. The molecule has 2 aliphatic rings. The minimum Gasteiger partial charge on any atom is -0.369 e. The van der Waals surface area contributed by atoms with Gasteiger partial charge < -0.3 is 20.6 Å². The number of pyridine rings is 1. The van der Waals surface area contributed by atoms with Crippen molar-refractivity contribution in [2.45, 2.75) is 24.9 Å². The zero-order valence-corrected chi connectivity index (χ0v) is 18.3. The van der Waals surface area contributed by atoms with Gasteiger partial charge in [-0.1, -0.05) is 17.9 Å². The van der Waals surface area contributed by atoms with Crippen molar-refractivity contribution in [2.75, 3.05) is 31.6 Å². The maximum atomic E-state index is 12.2. The van der Waals surface area contributed by atoms with Gasteiger partial charge in [-0.3, -0.25) is 9.59 Å². The summed E-state index contributed by atoms with van der Waals surface area (Å²) in [5, 5.41) is 15.6. The van der Waals surface area contributed by atoms with Gasteiger partial charge in [0.25, 0.3) is 11.8 Å². The number of carbonyl (C=O) groups is 2. The number of hydrogen-bond acceptors (Lipinski definition) is 6. The molecule has 1 atom stereocenters. The molecular formula is C24H24N6O3. The van der Waals surface area contributed by atoms with Crippen molar-refractivity contribution in [1.29, 1.82) is 0 Å². The lowest BCUT2D eigenvalue weighted by Gasteiger charge is -2.16. The van der Waals surface area contributed by atoms with E-state index >= 15 is 0 Å². The smallest absolute Gasteiger partial charge is 0.269 e. The topological polar surface area (TPSA) is 118 Å². The van der Waals surface area contributed by atoms with E-state index in [1.807, 2.05) is 18.2 Å². The Kier molecular flexibility index (Phi) is 5.02. The monoisotopic (exact) mass is 444 g/mol. The summed E-state index contributed by atoms with van der Waals surface area (Å²) in [6.45, 7) is 2.35. The van der Waals surface area contributed by atoms with Crippen LogP contribution in [0.1, 0.15) is 35.3 Å². The molecule has 1 aromatic carbocycles. The molecule has 9 heteroatoms. The van der Waals surface area contributed by atoms with E-state index in [9.17, 15) is 14.7 Å². The van der Waals surface area contributed by atoms with Gasteiger partial charge in [-0.15, -0.1) is 0 Å². The zero-order chi connectivity index (χ0) is 23.2. The number of carbonyl (C=O) groups excluding carboxylic acids is 2. The van der Waals surface area contributed by atoms with Crippen LogP contribution in [0.3, 0.4) is 0 Å². The average molecular weight is 444 g/mol. The number of aromatic nitrogens is 3. The third-order valence-corrected chi connectivity index (χ3v) is 6.23. The lowest BCUT2D eigenvalue weighted by atomic mass is 10.0. The van der Waals surface area contributed by atoms with Crippen LogP contribution >= 0.6 is 0 Å². The summed E-state index contributed by atoms with van der Waals surface area (Å²) in [6, 6.07) is 9.18. The molecule has 4 heterocycles. The van der Waals surface area contributed by atoms with Crippen molar-refractivity contribution in [2.24, 2.45) is 5.73 Å². The number of hydrogen-bond donors (Lipinski definition) is 2. The SMILES string of the molecule is CN1CCC(O)(C#Cc2cccc(-n3nc(C(N)=O)c4cnc(N5CCCC5)cc43)c2)C1=O. The lowest BCUT2D eigenvalue weighted by Crippen LogP contribution is -2.37. The number of anilines is 1. The second kappa shape index (κ2) is 7.90. The average Bonchev–Trinajstić information content (AvgIpc) is 3.54. The van der Waals surface area contributed by atoms with Crippen LogP contribution in [0.2, 0.25) is 0 Å². The predicted molar refractivity (Wildman–Crippen MR) is 123 cm³/mol. The number of likely N-dealkylation sites (tertiary alicyclic amines) is 1. The quantitative estimate of drug-likeness (QED) is 0.584. The minimum absolute atomic E-state index is 0.149. The molecule has 168 valence electrons. The molecule has 0 aliphatic carbocycles. The molecule has 0 spiro atoms. The first-order valence-electron chi connectivity index (χ1n) is 10.9. The highest BCUT2D eigenvalue weighted by Gasteiger charge is 2.42. The maximum Gasteiger partial charge on any atom is 0.269 e. The van der Waals surface area contributed by atoms with Crippen LogP contribution in [0.4, 0.5) is 5.82 Å². The highest BCUT2D eigenvalue weighted by Crippen LogP contribution is 2.27.